The third-order valence-corrected chi connectivity index (χ3v) is 3.55. The third kappa shape index (κ3) is 2.79. The third-order valence-electron chi connectivity index (χ3n) is 3.55. The minimum absolute atomic E-state index is 0.0143. The molecule has 0 radical (unpaired) electrons. The van der Waals surface area contributed by atoms with Crippen LogP contribution >= 0.6 is 0 Å². The summed E-state index contributed by atoms with van der Waals surface area (Å²) in [6.45, 7) is -0.772. The number of para-hydroxylation sites is 1. The molecule has 0 saturated heterocycles. The molecule has 3 rings (SSSR count). The molecule has 120 valence electrons. The topological polar surface area (TPSA) is 61.8 Å². The Morgan fingerprint density at radius 3 is 2.57 bits per heavy atom. The molecule has 0 aliphatic carbocycles. The van der Waals surface area contributed by atoms with Gasteiger partial charge in [-0.15, -0.1) is 0 Å². The quantitative estimate of drug-likeness (QED) is 0.726. The normalized spacial score (nSPS) is 11.5. The van der Waals surface area contributed by atoms with E-state index in [1.54, 1.807) is 30.1 Å². The average Bonchev–Trinajstić information content (AvgIpc) is 2.93. The van der Waals surface area contributed by atoms with E-state index in [0.717, 1.165) is 9.13 Å². The lowest BCUT2D eigenvalue weighted by Gasteiger charge is -2.13. The van der Waals surface area contributed by atoms with Gasteiger partial charge in [0.1, 0.15) is 0 Å². The van der Waals surface area contributed by atoms with Crippen LogP contribution in [0.15, 0.2) is 46.2 Å². The predicted octanol–water partition coefficient (Wildman–Crippen LogP) is 1.21. The van der Waals surface area contributed by atoms with Gasteiger partial charge in [0.15, 0.2) is 0 Å². The minimum atomic E-state index is -2.69. The minimum Gasteiger partial charge on any atom is -0.287 e. The van der Waals surface area contributed by atoms with E-state index in [-0.39, 0.29) is 17.4 Å². The fraction of sp³-hybridized carbons (Fsp3) is 0.267. The Balaban J connectivity index is 2.25. The van der Waals surface area contributed by atoms with E-state index in [1.807, 2.05) is 0 Å². The van der Waals surface area contributed by atoms with Crippen LogP contribution in [0.25, 0.3) is 10.9 Å². The Morgan fingerprint density at radius 1 is 1.17 bits per heavy atom. The molecule has 0 unspecified atom stereocenters. The molecule has 6 nitrogen and oxygen atoms in total. The van der Waals surface area contributed by atoms with Gasteiger partial charge in [0.05, 0.1) is 30.2 Å². The molecule has 8 heteroatoms. The molecule has 3 aromatic rings. The molecule has 0 atom stereocenters. The largest absolute Gasteiger partial charge is 0.331 e. The van der Waals surface area contributed by atoms with Gasteiger partial charge < -0.3 is 0 Å². The fourth-order valence-electron chi connectivity index (χ4n) is 2.56. The maximum Gasteiger partial charge on any atom is 0.331 e. The first-order valence-corrected chi connectivity index (χ1v) is 6.95. The second-order valence-corrected chi connectivity index (χ2v) is 5.21. The first-order chi connectivity index (χ1) is 11.0. The van der Waals surface area contributed by atoms with Crippen molar-refractivity contribution in [2.24, 2.45) is 7.05 Å². The highest BCUT2D eigenvalue weighted by Gasteiger charge is 2.16. The summed E-state index contributed by atoms with van der Waals surface area (Å²) in [7, 11) is 1.71. The zero-order valence-electron chi connectivity index (χ0n) is 12.3. The van der Waals surface area contributed by atoms with Crippen molar-refractivity contribution in [2.75, 3.05) is 0 Å². The highest BCUT2D eigenvalue weighted by molar-refractivity contribution is 5.77. The molecule has 0 saturated carbocycles. The van der Waals surface area contributed by atoms with Crippen LogP contribution in [0.5, 0.6) is 0 Å². The number of nitrogens with zero attached hydrogens (tertiary/aromatic N) is 4. The van der Waals surface area contributed by atoms with Crippen molar-refractivity contribution in [3.05, 3.63) is 63.1 Å². The Morgan fingerprint density at radius 2 is 1.91 bits per heavy atom. The monoisotopic (exact) mass is 320 g/mol. The van der Waals surface area contributed by atoms with Crippen molar-refractivity contribution in [3.8, 4) is 0 Å². The van der Waals surface area contributed by atoms with Crippen molar-refractivity contribution in [2.45, 2.75) is 19.5 Å². The highest BCUT2D eigenvalue weighted by Crippen LogP contribution is 2.10. The van der Waals surface area contributed by atoms with Gasteiger partial charge >= 0.3 is 5.69 Å². The Kier molecular flexibility index (Phi) is 3.81. The number of fused-ring (bicyclic) bond motifs is 1. The molecular weight excluding hydrogens is 306 g/mol. The van der Waals surface area contributed by atoms with Gasteiger partial charge in [-0.3, -0.25) is 18.6 Å². The van der Waals surface area contributed by atoms with Crippen molar-refractivity contribution < 1.29 is 8.78 Å². The van der Waals surface area contributed by atoms with E-state index in [4.69, 9.17) is 0 Å². The van der Waals surface area contributed by atoms with Crippen LogP contribution in [0.1, 0.15) is 5.56 Å². The molecular formula is C15H14F2N4O2. The summed E-state index contributed by atoms with van der Waals surface area (Å²) in [4.78, 5) is 25.0. The first-order valence-electron chi connectivity index (χ1n) is 6.95. The number of hydrogen-bond acceptors (Lipinski definition) is 3. The molecule has 0 bridgehead atoms. The molecule has 0 spiro atoms. The average molecular weight is 320 g/mol. The first kappa shape index (κ1) is 15.1. The highest BCUT2D eigenvalue weighted by atomic mass is 19.3. The van der Waals surface area contributed by atoms with Gasteiger partial charge in [0.25, 0.3) is 12.0 Å². The maximum atomic E-state index is 12.8. The Bertz CT molecular complexity index is 972. The summed E-state index contributed by atoms with van der Waals surface area (Å²) in [6, 6.07) is 6.26. The molecule has 23 heavy (non-hydrogen) atoms. The summed E-state index contributed by atoms with van der Waals surface area (Å²) in [5, 5.41) is 4.21. The van der Waals surface area contributed by atoms with Gasteiger partial charge in [-0.25, -0.2) is 13.6 Å². The second kappa shape index (κ2) is 5.79. The summed E-state index contributed by atoms with van der Waals surface area (Å²) in [5.74, 6) is 0. The number of rotatable bonds is 4. The van der Waals surface area contributed by atoms with Crippen molar-refractivity contribution in [1.82, 2.24) is 18.9 Å². The molecule has 0 amide bonds. The summed E-state index contributed by atoms with van der Waals surface area (Å²) >= 11 is 0. The van der Waals surface area contributed by atoms with Gasteiger partial charge in [-0.1, -0.05) is 12.1 Å². The van der Waals surface area contributed by atoms with E-state index >= 15 is 0 Å². The van der Waals surface area contributed by atoms with Gasteiger partial charge in [0, 0.05) is 18.8 Å². The lowest BCUT2D eigenvalue weighted by atomic mass is 10.2. The predicted molar refractivity (Wildman–Crippen MR) is 80.8 cm³/mol. The molecule has 2 aromatic heterocycles. The summed E-state index contributed by atoms with van der Waals surface area (Å²) in [5.41, 5.74) is -0.395. The van der Waals surface area contributed by atoms with Crippen LogP contribution < -0.4 is 11.2 Å². The number of alkyl halides is 2. The van der Waals surface area contributed by atoms with Crippen molar-refractivity contribution in [1.29, 1.82) is 0 Å². The van der Waals surface area contributed by atoms with E-state index in [0.29, 0.717) is 5.56 Å². The van der Waals surface area contributed by atoms with Gasteiger partial charge in [-0.2, -0.15) is 5.10 Å². The summed E-state index contributed by atoms with van der Waals surface area (Å²) in [6.07, 6.45) is 0.497. The zero-order valence-corrected chi connectivity index (χ0v) is 12.3. The van der Waals surface area contributed by atoms with Crippen LogP contribution in [-0.2, 0) is 20.1 Å². The number of halogens is 2. The maximum absolute atomic E-state index is 12.8. The Labute approximate surface area is 129 Å². The Hall–Kier alpha value is -2.77. The van der Waals surface area contributed by atoms with Crippen molar-refractivity contribution >= 4 is 10.9 Å². The smallest absolute Gasteiger partial charge is 0.287 e. The second-order valence-electron chi connectivity index (χ2n) is 5.21. The zero-order chi connectivity index (χ0) is 16.6. The fourth-order valence-corrected chi connectivity index (χ4v) is 2.56. The number of benzene rings is 1. The van der Waals surface area contributed by atoms with Crippen LogP contribution in [0.4, 0.5) is 8.78 Å². The number of hydrogen-bond donors (Lipinski definition) is 0. The molecule has 0 aliphatic rings. The van der Waals surface area contributed by atoms with Crippen LogP contribution in [0.3, 0.4) is 0 Å². The van der Waals surface area contributed by atoms with Crippen molar-refractivity contribution in [3.63, 3.8) is 0 Å². The standard InChI is InChI=1S/C15H14F2N4O2/c1-19-7-10(6-18-19)8-21-14(22)11-4-2-3-5-12(11)20(15(21)23)9-13(16)17/h2-7,13H,8-9H2,1H3. The van der Waals surface area contributed by atoms with Gasteiger partial charge in [-0.05, 0) is 12.1 Å². The van der Waals surface area contributed by atoms with Crippen LogP contribution in [0.2, 0.25) is 0 Å². The van der Waals surface area contributed by atoms with E-state index in [1.165, 1.54) is 18.3 Å². The molecule has 2 heterocycles. The molecule has 0 N–H and O–H groups in total. The van der Waals surface area contributed by atoms with E-state index < -0.39 is 24.2 Å². The lowest BCUT2D eigenvalue weighted by Crippen LogP contribution is -2.41. The number of aromatic nitrogens is 4. The molecule has 0 fully saturated rings. The molecule has 1 aromatic carbocycles. The SMILES string of the molecule is Cn1cc(Cn2c(=O)c3ccccc3n(CC(F)F)c2=O)cn1. The number of aryl methyl sites for hydroxylation is 1. The van der Waals surface area contributed by atoms with Crippen LogP contribution in [-0.4, -0.2) is 25.3 Å². The van der Waals surface area contributed by atoms with Crippen LogP contribution in [0, 0.1) is 0 Å². The van der Waals surface area contributed by atoms with E-state index in [2.05, 4.69) is 5.10 Å². The van der Waals surface area contributed by atoms with Gasteiger partial charge in [0.2, 0.25) is 0 Å². The molecule has 0 aliphatic heterocycles. The summed E-state index contributed by atoms with van der Waals surface area (Å²) < 4.78 is 29.1. The van der Waals surface area contributed by atoms with E-state index in [9.17, 15) is 18.4 Å². The lowest BCUT2D eigenvalue weighted by molar-refractivity contribution is 0.126.